The average Bonchev–Trinajstić information content (AvgIpc) is 2.63. The Kier molecular flexibility index (Phi) is 8.66. The number of allylic oxidation sites excluding steroid dienone is 1. The molecule has 0 aliphatic heterocycles. The third-order valence-electron chi connectivity index (χ3n) is 3.94. The lowest BCUT2D eigenvalue weighted by molar-refractivity contribution is -0.144. The molecular formula is C20H26O8. The van der Waals surface area contributed by atoms with Gasteiger partial charge in [0.15, 0.2) is 6.79 Å². The number of hydrogen-bond acceptors (Lipinski definition) is 7. The number of ether oxygens (including phenoxy) is 4. The molecule has 0 fully saturated rings. The minimum absolute atomic E-state index is 0.0358. The molecule has 0 atom stereocenters. The normalized spacial score (nSPS) is 10.9. The molecule has 0 aromatic heterocycles. The lowest BCUT2D eigenvalue weighted by atomic mass is 9.91. The fourth-order valence-corrected chi connectivity index (χ4v) is 1.80. The predicted molar refractivity (Wildman–Crippen MR) is 100 cm³/mol. The van der Waals surface area contributed by atoms with Crippen LogP contribution in [-0.4, -0.2) is 43.0 Å². The molecule has 1 N–H and O–H groups in total. The van der Waals surface area contributed by atoms with E-state index in [9.17, 15) is 19.5 Å². The molecule has 28 heavy (non-hydrogen) atoms. The highest BCUT2D eigenvalue weighted by Gasteiger charge is 2.28. The van der Waals surface area contributed by atoms with Gasteiger partial charge in [-0.3, -0.25) is 4.79 Å². The molecular weight excluding hydrogens is 368 g/mol. The first-order valence-electron chi connectivity index (χ1n) is 8.71. The van der Waals surface area contributed by atoms with Crippen LogP contribution in [0.1, 0.15) is 54.8 Å². The maximum atomic E-state index is 12.3. The van der Waals surface area contributed by atoms with Crippen LogP contribution in [0.2, 0.25) is 0 Å². The quantitative estimate of drug-likeness (QED) is 0.200. The lowest BCUT2D eigenvalue weighted by Gasteiger charge is -2.20. The Labute approximate surface area is 164 Å². The summed E-state index contributed by atoms with van der Waals surface area (Å²) in [6.45, 7) is 10.4. The summed E-state index contributed by atoms with van der Waals surface area (Å²) in [4.78, 5) is 35.9. The number of aromatic carboxylic acids is 1. The van der Waals surface area contributed by atoms with Gasteiger partial charge in [-0.15, -0.1) is 0 Å². The van der Waals surface area contributed by atoms with Gasteiger partial charge >= 0.3 is 17.9 Å². The van der Waals surface area contributed by atoms with Crippen LogP contribution in [0.15, 0.2) is 30.5 Å². The molecule has 0 aliphatic carbocycles. The molecule has 0 spiro atoms. The summed E-state index contributed by atoms with van der Waals surface area (Å²) in [5.41, 5.74) is -1.19. The topological polar surface area (TPSA) is 108 Å². The van der Waals surface area contributed by atoms with Gasteiger partial charge in [0.25, 0.3) is 0 Å². The molecule has 0 radical (unpaired) electrons. The highest BCUT2D eigenvalue weighted by molar-refractivity contribution is 6.02. The van der Waals surface area contributed by atoms with E-state index in [0.717, 1.165) is 0 Å². The number of benzene rings is 1. The van der Waals surface area contributed by atoms with Gasteiger partial charge in [0.1, 0.15) is 12.4 Å². The van der Waals surface area contributed by atoms with Crippen LogP contribution < -0.4 is 4.74 Å². The second-order valence-electron chi connectivity index (χ2n) is 6.65. The second kappa shape index (κ2) is 10.5. The van der Waals surface area contributed by atoms with Crippen molar-refractivity contribution in [1.29, 1.82) is 0 Å². The van der Waals surface area contributed by atoms with E-state index in [-0.39, 0.29) is 36.9 Å². The molecule has 0 amide bonds. The Bertz CT molecular complexity index is 736. The van der Waals surface area contributed by atoms with E-state index in [1.165, 1.54) is 18.2 Å². The Hall–Kier alpha value is -2.87. The van der Waals surface area contributed by atoms with Crippen molar-refractivity contribution >= 4 is 17.9 Å². The summed E-state index contributed by atoms with van der Waals surface area (Å²) in [7, 11) is 0. The van der Waals surface area contributed by atoms with Gasteiger partial charge in [0.2, 0.25) is 0 Å². The fourth-order valence-electron chi connectivity index (χ4n) is 1.80. The first kappa shape index (κ1) is 23.2. The summed E-state index contributed by atoms with van der Waals surface area (Å²) in [6, 6.07) is 3.69. The highest BCUT2D eigenvalue weighted by Crippen LogP contribution is 2.25. The number of rotatable bonds is 11. The number of carbonyl (C=O) groups excluding carboxylic acids is 2. The molecule has 0 unspecified atom stereocenters. The van der Waals surface area contributed by atoms with Crippen molar-refractivity contribution in [3.63, 3.8) is 0 Å². The first-order chi connectivity index (χ1) is 13.1. The number of carboxylic acid groups (broad SMARTS) is 1. The summed E-state index contributed by atoms with van der Waals surface area (Å²) < 4.78 is 20.4. The van der Waals surface area contributed by atoms with Crippen molar-refractivity contribution in [3.8, 4) is 5.75 Å². The molecule has 8 nitrogen and oxygen atoms in total. The molecule has 0 aliphatic rings. The zero-order valence-electron chi connectivity index (χ0n) is 16.6. The lowest BCUT2D eigenvalue weighted by Crippen LogP contribution is -2.28. The summed E-state index contributed by atoms with van der Waals surface area (Å²) >= 11 is 0. The zero-order chi connectivity index (χ0) is 21.3. The van der Waals surface area contributed by atoms with Gasteiger partial charge in [-0.2, -0.15) is 0 Å². The minimum atomic E-state index is -1.30. The smallest absolute Gasteiger partial charge is 0.339 e. The van der Waals surface area contributed by atoms with E-state index in [0.29, 0.717) is 12.2 Å². The monoisotopic (exact) mass is 394 g/mol. The average molecular weight is 394 g/mol. The number of carboxylic acids is 1. The highest BCUT2D eigenvalue weighted by atomic mass is 16.7. The first-order valence-corrected chi connectivity index (χ1v) is 8.71. The van der Waals surface area contributed by atoms with E-state index in [4.69, 9.17) is 18.9 Å². The molecule has 8 heteroatoms. The molecule has 1 rings (SSSR count). The molecule has 154 valence electrons. The molecule has 1 aromatic carbocycles. The van der Waals surface area contributed by atoms with Crippen LogP contribution in [-0.2, 0) is 19.0 Å². The summed E-state index contributed by atoms with van der Waals surface area (Å²) in [6.07, 6.45) is 0.559. The Balaban J connectivity index is 2.81. The second-order valence-corrected chi connectivity index (χ2v) is 6.65. The van der Waals surface area contributed by atoms with Gasteiger partial charge < -0.3 is 24.1 Å². The van der Waals surface area contributed by atoms with E-state index < -0.39 is 23.3 Å². The largest absolute Gasteiger partial charge is 0.478 e. The van der Waals surface area contributed by atoms with E-state index in [2.05, 4.69) is 6.58 Å². The van der Waals surface area contributed by atoms with Crippen molar-refractivity contribution in [2.45, 2.75) is 34.1 Å². The van der Waals surface area contributed by atoms with Crippen LogP contribution in [0.5, 0.6) is 5.75 Å². The maximum absolute atomic E-state index is 12.3. The van der Waals surface area contributed by atoms with Crippen LogP contribution in [0, 0.1) is 5.41 Å². The van der Waals surface area contributed by atoms with Gasteiger partial charge in [0.05, 0.1) is 28.9 Å². The van der Waals surface area contributed by atoms with Crippen LogP contribution in [0.3, 0.4) is 0 Å². The molecule has 0 saturated carbocycles. The maximum Gasteiger partial charge on any atom is 0.339 e. The SMILES string of the molecule is C=C(C)OCOCCOC(=O)c1cc(OC(=O)C(C)(C)CC)ccc1C(=O)O. The van der Waals surface area contributed by atoms with Crippen molar-refractivity contribution in [2.24, 2.45) is 5.41 Å². The molecule has 1 aromatic rings. The van der Waals surface area contributed by atoms with Crippen molar-refractivity contribution in [2.75, 3.05) is 20.0 Å². The predicted octanol–water partition coefficient (Wildman–Crippen LogP) is 3.41. The third-order valence-corrected chi connectivity index (χ3v) is 3.94. The van der Waals surface area contributed by atoms with Gasteiger partial charge in [0, 0.05) is 0 Å². The fraction of sp³-hybridized carbons (Fsp3) is 0.450. The van der Waals surface area contributed by atoms with Gasteiger partial charge in [-0.05, 0) is 45.4 Å². The summed E-state index contributed by atoms with van der Waals surface area (Å²) in [5, 5.41) is 9.28. The molecule has 0 bridgehead atoms. The van der Waals surface area contributed by atoms with E-state index in [1.54, 1.807) is 20.8 Å². The van der Waals surface area contributed by atoms with Crippen molar-refractivity contribution in [1.82, 2.24) is 0 Å². The Morgan fingerprint density at radius 2 is 1.79 bits per heavy atom. The van der Waals surface area contributed by atoms with Gasteiger partial charge in [-0.1, -0.05) is 13.5 Å². The standard InChI is InChI=1S/C20H26O8/c1-6-20(4,5)19(24)28-14-7-8-15(17(21)22)16(11-14)18(23)26-10-9-25-12-27-13(2)3/h7-8,11H,2,6,9-10,12H2,1,3-5H3,(H,21,22). The van der Waals surface area contributed by atoms with Crippen LogP contribution >= 0.6 is 0 Å². The zero-order valence-corrected chi connectivity index (χ0v) is 16.6. The molecule has 0 heterocycles. The Morgan fingerprint density at radius 3 is 2.36 bits per heavy atom. The minimum Gasteiger partial charge on any atom is -0.478 e. The van der Waals surface area contributed by atoms with E-state index in [1.807, 2.05) is 6.92 Å². The Morgan fingerprint density at radius 1 is 1.11 bits per heavy atom. The number of hydrogen-bond donors (Lipinski definition) is 1. The van der Waals surface area contributed by atoms with Crippen molar-refractivity contribution < 1.29 is 38.4 Å². The van der Waals surface area contributed by atoms with Crippen molar-refractivity contribution in [3.05, 3.63) is 41.7 Å². The van der Waals surface area contributed by atoms with Crippen LogP contribution in [0.25, 0.3) is 0 Å². The molecule has 0 saturated heterocycles. The van der Waals surface area contributed by atoms with Gasteiger partial charge in [-0.25, -0.2) is 9.59 Å². The number of esters is 2. The van der Waals surface area contributed by atoms with E-state index >= 15 is 0 Å². The van der Waals surface area contributed by atoms with Crippen LogP contribution in [0.4, 0.5) is 0 Å². The third kappa shape index (κ3) is 7.03. The summed E-state index contributed by atoms with van der Waals surface area (Å²) in [5.74, 6) is -2.10. The number of carbonyl (C=O) groups is 3.